The Labute approximate surface area is 182 Å². The lowest BCUT2D eigenvalue weighted by atomic mass is 10.1. The lowest BCUT2D eigenvalue weighted by molar-refractivity contribution is -0.147. The average molecular weight is 433 g/mol. The second-order valence-corrected chi connectivity index (χ2v) is 7.71. The number of thiazole rings is 1. The maximum Gasteiger partial charge on any atom is 0.333 e. The second-order valence-electron chi connectivity index (χ2n) is 6.87. The van der Waals surface area contributed by atoms with Crippen LogP contribution in [0.2, 0.25) is 0 Å². The van der Waals surface area contributed by atoms with Crippen LogP contribution in [0.15, 0.2) is 76.9 Å². The highest BCUT2D eigenvalue weighted by atomic mass is 32.1. The molecular formula is C23H19N3O4S. The van der Waals surface area contributed by atoms with Gasteiger partial charge < -0.3 is 10.1 Å². The van der Waals surface area contributed by atoms with Crippen LogP contribution in [-0.4, -0.2) is 21.3 Å². The summed E-state index contributed by atoms with van der Waals surface area (Å²) < 4.78 is 6.94. The molecule has 0 spiro atoms. The monoisotopic (exact) mass is 433 g/mol. The smallest absolute Gasteiger partial charge is 0.333 e. The fourth-order valence-corrected chi connectivity index (χ4v) is 4.02. The van der Waals surface area contributed by atoms with Crippen molar-refractivity contribution >= 4 is 28.2 Å². The summed E-state index contributed by atoms with van der Waals surface area (Å²) in [5, 5.41) is 4.57. The number of carbonyl (C=O) groups is 2. The van der Waals surface area contributed by atoms with Gasteiger partial charge in [-0.3, -0.25) is 14.0 Å². The van der Waals surface area contributed by atoms with Crippen LogP contribution in [-0.2, 0) is 16.1 Å². The molecule has 2 heterocycles. The van der Waals surface area contributed by atoms with E-state index in [0.29, 0.717) is 21.8 Å². The van der Waals surface area contributed by atoms with Crippen molar-refractivity contribution in [1.82, 2.24) is 14.7 Å². The fraction of sp³-hybridized carbons (Fsp3) is 0.130. The molecule has 1 unspecified atom stereocenters. The Morgan fingerprint density at radius 2 is 1.77 bits per heavy atom. The molecule has 4 aromatic rings. The number of hydrogen-bond acceptors (Lipinski definition) is 6. The Morgan fingerprint density at radius 1 is 1.10 bits per heavy atom. The van der Waals surface area contributed by atoms with E-state index in [9.17, 15) is 14.4 Å². The molecule has 1 atom stereocenters. The van der Waals surface area contributed by atoms with Crippen molar-refractivity contribution in [3.63, 3.8) is 0 Å². The second kappa shape index (κ2) is 8.93. The number of carbonyl (C=O) groups excluding carboxylic acids is 2. The molecule has 8 heteroatoms. The number of aromatic nitrogens is 2. The average Bonchev–Trinajstić information content (AvgIpc) is 3.18. The van der Waals surface area contributed by atoms with E-state index in [2.05, 4.69) is 10.3 Å². The van der Waals surface area contributed by atoms with E-state index in [-0.39, 0.29) is 12.2 Å². The van der Waals surface area contributed by atoms with Gasteiger partial charge in [0.05, 0.1) is 5.69 Å². The SMILES string of the molecule is Cc1csc2nc(COC(=O)C(NC(=O)c3ccccc3)c3ccccc3)cc(=O)n12. The van der Waals surface area contributed by atoms with E-state index in [0.717, 1.165) is 5.69 Å². The number of fused-ring (bicyclic) bond motifs is 1. The lowest BCUT2D eigenvalue weighted by Crippen LogP contribution is -2.35. The molecule has 1 N–H and O–H groups in total. The van der Waals surface area contributed by atoms with E-state index < -0.39 is 17.9 Å². The third-order valence-electron chi connectivity index (χ3n) is 4.67. The molecule has 0 aliphatic rings. The molecule has 4 rings (SSSR count). The van der Waals surface area contributed by atoms with Gasteiger partial charge in [0.2, 0.25) is 0 Å². The highest BCUT2D eigenvalue weighted by molar-refractivity contribution is 7.15. The van der Waals surface area contributed by atoms with Crippen LogP contribution in [0.5, 0.6) is 0 Å². The van der Waals surface area contributed by atoms with Crippen molar-refractivity contribution in [3.05, 3.63) is 105 Å². The van der Waals surface area contributed by atoms with Crippen LogP contribution in [0.1, 0.15) is 33.4 Å². The third-order valence-corrected chi connectivity index (χ3v) is 5.61. The van der Waals surface area contributed by atoms with E-state index in [1.165, 1.54) is 21.8 Å². The fourth-order valence-electron chi connectivity index (χ4n) is 3.13. The van der Waals surface area contributed by atoms with Gasteiger partial charge in [0.25, 0.3) is 11.5 Å². The molecule has 0 bridgehead atoms. The van der Waals surface area contributed by atoms with Crippen LogP contribution in [0, 0.1) is 6.92 Å². The van der Waals surface area contributed by atoms with Gasteiger partial charge in [0.1, 0.15) is 6.61 Å². The first-order valence-electron chi connectivity index (χ1n) is 9.57. The maximum absolute atomic E-state index is 12.9. The Morgan fingerprint density at radius 3 is 2.48 bits per heavy atom. The molecule has 7 nitrogen and oxygen atoms in total. The summed E-state index contributed by atoms with van der Waals surface area (Å²) in [5.74, 6) is -1.03. The van der Waals surface area contributed by atoms with Crippen molar-refractivity contribution in [3.8, 4) is 0 Å². The van der Waals surface area contributed by atoms with Crippen LogP contribution < -0.4 is 10.9 Å². The number of nitrogens with one attached hydrogen (secondary N) is 1. The van der Waals surface area contributed by atoms with Gasteiger partial charge in [0, 0.05) is 22.7 Å². The van der Waals surface area contributed by atoms with E-state index in [1.54, 1.807) is 54.6 Å². The minimum Gasteiger partial charge on any atom is -0.457 e. The van der Waals surface area contributed by atoms with Gasteiger partial charge in [-0.25, -0.2) is 9.78 Å². The van der Waals surface area contributed by atoms with E-state index >= 15 is 0 Å². The minimum absolute atomic E-state index is 0.175. The number of ether oxygens (including phenoxy) is 1. The summed E-state index contributed by atoms with van der Waals surface area (Å²) in [5.41, 5.74) is 1.94. The van der Waals surface area contributed by atoms with Gasteiger partial charge in [0.15, 0.2) is 11.0 Å². The highest BCUT2D eigenvalue weighted by Crippen LogP contribution is 2.17. The number of benzene rings is 2. The van der Waals surface area contributed by atoms with Crippen LogP contribution in [0.3, 0.4) is 0 Å². The van der Waals surface area contributed by atoms with Crippen molar-refractivity contribution in [2.24, 2.45) is 0 Å². The first-order valence-corrected chi connectivity index (χ1v) is 10.4. The molecule has 0 aliphatic heterocycles. The molecule has 0 radical (unpaired) electrons. The molecule has 31 heavy (non-hydrogen) atoms. The van der Waals surface area contributed by atoms with Crippen LogP contribution in [0.25, 0.3) is 4.96 Å². The molecule has 2 aromatic carbocycles. The van der Waals surface area contributed by atoms with E-state index in [1.807, 2.05) is 18.4 Å². The molecule has 0 saturated heterocycles. The quantitative estimate of drug-likeness (QED) is 0.472. The predicted molar refractivity (Wildman–Crippen MR) is 117 cm³/mol. The first-order chi connectivity index (χ1) is 15.0. The van der Waals surface area contributed by atoms with Crippen molar-refractivity contribution in [2.45, 2.75) is 19.6 Å². The maximum atomic E-state index is 12.9. The van der Waals surface area contributed by atoms with E-state index in [4.69, 9.17) is 4.74 Å². The number of esters is 1. The van der Waals surface area contributed by atoms with Crippen LogP contribution in [0.4, 0.5) is 0 Å². The largest absolute Gasteiger partial charge is 0.457 e. The number of aryl methyl sites for hydroxylation is 1. The summed E-state index contributed by atoms with van der Waals surface area (Å²) in [6, 6.07) is 17.8. The molecular weight excluding hydrogens is 414 g/mol. The van der Waals surface area contributed by atoms with Gasteiger partial charge in [-0.2, -0.15) is 0 Å². The zero-order valence-electron chi connectivity index (χ0n) is 16.6. The Bertz CT molecular complexity index is 1280. The third kappa shape index (κ3) is 4.54. The van der Waals surface area contributed by atoms with Crippen molar-refractivity contribution in [2.75, 3.05) is 0 Å². The zero-order valence-corrected chi connectivity index (χ0v) is 17.5. The summed E-state index contributed by atoms with van der Waals surface area (Å²) in [7, 11) is 0. The van der Waals surface area contributed by atoms with Gasteiger partial charge in [-0.15, -0.1) is 11.3 Å². The predicted octanol–water partition coefficient (Wildman–Crippen LogP) is 3.28. The highest BCUT2D eigenvalue weighted by Gasteiger charge is 2.25. The van der Waals surface area contributed by atoms with Crippen molar-refractivity contribution in [1.29, 1.82) is 0 Å². The standard InChI is InChI=1S/C23H19N3O4S/c1-15-14-31-23-24-18(12-19(27)26(15)23)13-30-22(29)20(16-8-4-2-5-9-16)25-21(28)17-10-6-3-7-11-17/h2-12,14,20H,13H2,1H3,(H,25,28). The molecule has 2 aromatic heterocycles. The van der Waals surface area contributed by atoms with Gasteiger partial charge in [-0.1, -0.05) is 48.5 Å². The number of nitrogens with zero attached hydrogens (tertiary/aromatic N) is 2. The molecule has 0 aliphatic carbocycles. The zero-order chi connectivity index (χ0) is 21.8. The normalized spacial score (nSPS) is 11.8. The summed E-state index contributed by atoms with van der Waals surface area (Å²) in [4.78, 5) is 42.8. The van der Waals surface area contributed by atoms with Gasteiger partial charge in [-0.05, 0) is 24.6 Å². The number of hydrogen-bond donors (Lipinski definition) is 1. The summed E-state index contributed by atoms with van der Waals surface area (Å²) >= 11 is 1.34. The summed E-state index contributed by atoms with van der Waals surface area (Å²) in [6.45, 7) is 1.65. The van der Waals surface area contributed by atoms with Crippen molar-refractivity contribution < 1.29 is 14.3 Å². The Hall–Kier alpha value is -3.78. The first kappa shape index (κ1) is 20.5. The minimum atomic E-state index is -0.997. The van der Waals surface area contributed by atoms with Crippen LogP contribution >= 0.6 is 11.3 Å². The molecule has 156 valence electrons. The Kier molecular flexibility index (Phi) is 5.90. The number of amides is 1. The molecule has 1 amide bonds. The summed E-state index contributed by atoms with van der Waals surface area (Å²) in [6.07, 6.45) is 0. The lowest BCUT2D eigenvalue weighted by Gasteiger charge is -2.18. The van der Waals surface area contributed by atoms with Gasteiger partial charge >= 0.3 is 5.97 Å². The topological polar surface area (TPSA) is 89.8 Å². The Balaban J connectivity index is 1.53. The molecule has 0 saturated carbocycles. The molecule has 0 fully saturated rings. The number of rotatable bonds is 6.